The first-order valence-corrected chi connectivity index (χ1v) is 4.11. The summed E-state index contributed by atoms with van der Waals surface area (Å²) in [5.41, 5.74) is 0.562. The number of nitrogens with one attached hydrogen (secondary N) is 1. The Kier molecular flexibility index (Phi) is 1.46. The lowest BCUT2D eigenvalue weighted by Crippen LogP contribution is -2.42. The van der Waals surface area contributed by atoms with Crippen LogP contribution < -0.4 is 5.32 Å². The first-order valence-electron chi connectivity index (χ1n) is 4.11. The number of rotatable bonds is 1. The van der Waals surface area contributed by atoms with E-state index in [-0.39, 0.29) is 0 Å². The van der Waals surface area contributed by atoms with Crippen LogP contribution in [0.2, 0.25) is 0 Å². The number of methoxy groups -OCH3 is 1. The Hall–Kier alpha value is -0.0800. The van der Waals surface area contributed by atoms with E-state index in [1.54, 1.807) is 0 Å². The molecular formula is C8H15NO. The van der Waals surface area contributed by atoms with Gasteiger partial charge in [0.15, 0.2) is 0 Å². The van der Waals surface area contributed by atoms with Gasteiger partial charge >= 0.3 is 0 Å². The monoisotopic (exact) mass is 141 g/mol. The zero-order valence-electron chi connectivity index (χ0n) is 6.52. The van der Waals surface area contributed by atoms with Gasteiger partial charge in [-0.1, -0.05) is 0 Å². The van der Waals surface area contributed by atoms with Gasteiger partial charge in [-0.2, -0.15) is 0 Å². The second-order valence-corrected chi connectivity index (χ2v) is 3.55. The van der Waals surface area contributed by atoms with Crippen molar-refractivity contribution in [3.63, 3.8) is 0 Å². The first-order chi connectivity index (χ1) is 4.87. The van der Waals surface area contributed by atoms with Gasteiger partial charge in [-0.3, -0.25) is 0 Å². The molecule has 1 atom stereocenters. The summed E-state index contributed by atoms with van der Waals surface area (Å²) in [6.45, 7) is 2.33. The van der Waals surface area contributed by atoms with Crippen LogP contribution in [0.5, 0.6) is 0 Å². The van der Waals surface area contributed by atoms with Crippen molar-refractivity contribution >= 4 is 0 Å². The number of hydrogen-bond acceptors (Lipinski definition) is 2. The van der Waals surface area contributed by atoms with E-state index in [2.05, 4.69) is 5.32 Å². The normalized spacial score (nSPS) is 36.3. The molecule has 2 nitrogen and oxygen atoms in total. The molecule has 1 aliphatic carbocycles. The van der Waals surface area contributed by atoms with E-state index >= 15 is 0 Å². The molecule has 0 aromatic carbocycles. The summed E-state index contributed by atoms with van der Waals surface area (Å²) in [5.74, 6) is 0. The van der Waals surface area contributed by atoms with Crippen LogP contribution in [0.1, 0.15) is 19.3 Å². The second-order valence-electron chi connectivity index (χ2n) is 3.55. The van der Waals surface area contributed by atoms with Crippen molar-refractivity contribution in [2.45, 2.75) is 25.4 Å². The predicted molar refractivity (Wildman–Crippen MR) is 40.0 cm³/mol. The third-order valence-corrected chi connectivity index (χ3v) is 2.92. The zero-order chi connectivity index (χ0) is 7.03. The summed E-state index contributed by atoms with van der Waals surface area (Å²) < 4.78 is 5.43. The number of hydrogen-bond donors (Lipinski definition) is 1. The molecule has 58 valence electrons. The molecule has 1 heterocycles. The highest BCUT2D eigenvalue weighted by molar-refractivity contribution is 5.03. The zero-order valence-corrected chi connectivity index (χ0v) is 6.52. The van der Waals surface area contributed by atoms with Gasteiger partial charge in [-0.25, -0.2) is 0 Å². The fourth-order valence-electron chi connectivity index (χ4n) is 2.02. The van der Waals surface area contributed by atoms with E-state index in [0.717, 1.165) is 6.54 Å². The fraction of sp³-hybridized carbons (Fsp3) is 1.00. The van der Waals surface area contributed by atoms with Crippen molar-refractivity contribution in [3.05, 3.63) is 0 Å². The van der Waals surface area contributed by atoms with Crippen LogP contribution in [-0.4, -0.2) is 26.3 Å². The Morgan fingerprint density at radius 1 is 1.50 bits per heavy atom. The highest BCUT2D eigenvalue weighted by Crippen LogP contribution is 2.51. The fourth-order valence-corrected chi connectivity index (χ4v) is 2.02. The van der Waals surface area contributed by atoms with Crippen LogP contribution in [0.15, 0.2) is 0 Å². The SMILES string of the molecule is COC1CCNCC12CC2. The minimum absolute atomic E-state index is 0.550. The summed E-state index contributed by atoms with van der Waals surface area (Å²) in [6.07, 6.45) is 4.50. The van der Waals surface area contributed by atoms with Gasteiger partial charge in [0.25, 0.3) is 0 Å². The molecule has 1 aliphatic heterocycles. The average Bonchev–Trinajstić information content (AvgIpc) is 2.71. The highest BCUT2D eigenvalue weighted by atomic mass is 16.5. The number of ether oxygens (including phenoxy) is 1. The lowest BCUT2D eigenvalue weighted by molar-refractivity contribution is 0.0186. The standard InChI is InChI=1S/C8H15NO/c1-10-7-2-5-9-6-8(7)3-4-8/h7,9H,2-6H2,1H3. The molecule has 1 unspecified atom stereocenters. The molecule has 1 spiro atoms. The summed E-state index contributed by atoms with van der Waals surface area (Å²) in [5, 5.41) is 3.42. The largest absolute Gasteiger partial charge is 0.381 e. The highest BCUT2D eigenvalue weighted by Gasteiger charge is 2.50. The Morgan fingerprint density at radius 2 is 2.30 bits per heavy atom. The molecule has 0 aromatic heterocycles. The Labute approximate surface area is 61.9 Å². The minimum Gasteiger partial charge on any atom is -0.381 e. The molecule has 1 saturated heterocycles. The Bertz CT molecular complexity index is 131. The molecule has 2 rings (SSSR count). The molecule has 2 aliphatic rings. The smallest absolute Gasteiger partial charge is 0.0651 e. The van der Waals surface area contributed by atoms with Crippen molar-refractivity contribution in [2.75, 3.05) is 20.2 Å². The molecule has 0 amide bonds. The second kappa shape index (κ2) is 2.21. The molecule has 2 fully saturated rings. The van der Waals surface area contributed by atoms with E-state index in [4.69, 9.17) is 4.74 Å². The maximum Gasteiger partial charge on any atom is 0.0651 e. The van der Waals surface area contributed by atoms with Crippen LogP contribution >= 0.6 is 0 Å². The summed E-state index contributed by atoms with van der Waals surface area (Å²) in [4.78, 5) is 0. The lowest BCUT2D eigenvalue weighted by Gasteiger charge is -2.30. The number of piperidine rings is 1. The Morgan fingerprint density at radius 3 is 2.80 bits per heavy atom. The van der Waals surface area contributed by atoms with E-state index in [1.807, 2.05) is 7.11 Å². The quantitative estimate of drug-likeness (QED) is 0.582. The van der Waals surface area contributed by atoms with E-state index in [1.165, 1.54) is 25.8 Å². The predicted octanol–water partition coefficient (Wildman–Crippen LogP) is 0.775. The van der Waals surface area contributed by atoms with Gasteiger partial charge in [-0.15, -0.1) is 0 Å². The summed E-state index contributed by atoms with van der Waals surface area (Å²) in [6, 6.07) is 0. The molecule has 0 radical (unpaired) electrons. The molecule has 0 aromatic rings. The van der Waals surface area contributed by atoms with Crippen LogP contribution in [0.25, 0.3) is 0 Å². The topological polar surface area (TPSA) is 21.3 Å². The molecule has 0 bridgehead atoms. The molecular weight excluding hydrogens is 126 g/mol. The van der Waals surface area contributed by atoms with Crippen molar-refractivity contribution in [1.82, 2.24) is 5.32 Å². The summed E-state index contributed by atoms with van der Waals surface area (Å²) in [7, 11) is 1.84. The third-order valence-electron chi connectivity index (χ3n) is 2.92. The van der Waals surface area contributed by atoms with Gasteiger partial charge in [0.1, 0.15) is 0 Å². The van der Waals surface area contributed by atoms with Crippen molar-refractivity contribution in [3.8, 4) is 0 Å². The van der Waals surface area contributed by atoms with Crippen molar-refractivity contribution in [1.29, 1.82) is 0 Å². The molecule has 1 saturated carbocycles. The maximum absolute atomic E-state index is 5.43. The average molecular weight is 141 g/mol. The van der Waals surface area contributed by atoms with Crippen LogP contribution in [0, 0.1) is 5.41 Å². The van der Waals surface area contributed by atoms with Gasteiger partial charge in [0.05, 0.1) is 6.10 Å². The van der Waals surface area contributed by atoms with Gasteiger partial charge in [0, 0.05) is 19.1 Å². The van der Waals surface area contributed by atoms with Gasteiger partial charge in [-0.05, 0) is 25.8 Å². The lowest BCUT2D eigenvalue weighted by atomic mass is 9.93. The van der Waals surface area contributed by atoms with Gasteiger partial charge in [0.2, 0.25) is 0 Å². The van der Waals surface area contributed by atoms with E-state index in [0.29, 0.717) is 11.5 Å². The summed E-state index contributed by atoms with van der Waals surface area (Å²) >= 11 is 0. The molecule has 10 heavy (non-hydrogen) atoms. The van der Waals surface area contributed by atoms with Crippen molar-refractivity contribution in [2.24, 2.45) is 5.41 Å². The minimum atomic E-state index is 0.550. The van der Waals surface area contributed by atoms with Crippen LogP contribution in [-0.2, 0) is 4.74 Å². The maximum atomic E-state index is 5.43. The van der Waals surface area contributed by atoms with Crippen molar-refractivity contribution < 1.29 is 4.74 Å². The van der Waals surface area contributed by atoms with E-state index < -0.39 is 0 Å². The van der Waals surface area contributed by atoms with Crippen LogP contribution in [0.4, 0.5) is 0 Å². The molecule has 2 heteroatoms. The molecule has 1 N–H and O–H groups in total. The van der Waals surface area contributed by atoms with Gasteiger partial charge < -0.3 is 10.1 Å². The third kappa shape index (κ3) is 0.867. The first kappa shape index (κ1) is 6.62. The Balaban J connectivity index is 2.01. The van der Waals surface area contributed by atoms with E-state index in [9.17, 15) is 0 Å². The van der Waals surface area contributed by atoms with Crippen LogP contribution in [0.3, 0.4) is 0 Å².